The average molecular weight is 457 g/mol. The van der Waals surface area contributed by atoms with Gasteiger partial charge < -0.3 is 10.1 Å². The molecule has 3 N–H and O–H groups in total. The fraction of sp³-hybridized carbons (Fsp3) is 0.261. The molecule has 0 aliphatic carbocycles. The largest absolute Gasteiger partial charge is 0.450 e. The molecule has 0 heterocycles. The number of ether oxygens (including phenoxy) is 1. The van der Waals surface area contributed by atoms with Crippen LogP contribution in [0.5, 0.6) is 0 Å². The Morgan fingerprint density at radius 1 is 1.06 bits per heavy atom. The second kappa shape index (κ2) is 11.9. The molecular weight excluding hydrogens is 432 g/mol. The number of rotatable bonds is 11. The highest BCUT2D eigenvalue weighted by molar-refractivity contribution is 7.77. The topological polar surface area (TPSA) is 122 Å². The molecule has 0 bridgehead atoms. The Hall–Kier alpha value is -3.32. The molecule has 0 saturated heterocycles. The Balaban J connectivity index is 2.27. The van der Waals surface area contributed by atoms with Crippen LogP contribution >= 0.6 is 0 Å². The van der Waals surface area contributed by atoms with Gasteiger partial charge in [0.05, 0.1) is 0 Å². The van der Waals surface area contributed by atoms with Crippen molar-refractivity contribution < 1.29 is 27.9 Å². The predicted octanol–water partition coefficient (Wildman–Crippen LogP) is 2.44. The van der Waals surface area contributed by atoms with Crippen molar-refractivity contribution in [3.63, 3.8) is 0 Å². The number of hydrogen-bond donors (Lipinski definition) is 3. The van der Waals surface area contributed by atoms with Crippen LogP contribution in [-0.2, 0) is 20.8 Å². The van der Waals surface area contributed by atoms with Crippen LogP contribution < -0.4 is 10.0 Å². The lowest BCUT2D eigenvalue weighted by Gasteiger charge is -2.31. The van der Waals surface area contributed by atoms with Gasteiger partial charge in [-0.2, -0.15) is 4.72 Å². The van der Waals surface area contributed by atoms with Gasteiger partial charge in [-0.1, -0.05) is 61.7 Å². The molecule has 0 aromatic heterocycles. The number of carbonyl (C=O) groups excluding carboxylic acids is 3. The fourth-order valence-corrected chi connectivity index (χ4v) is 3.48. The van der Waals surface area contributed by atoms with E-state index in [0.717, 1.165) is 0 Å². The second-order valence-corrected chi connectivity index (χ2v) is 7.57. The second-order valence-electron chi connectivity index (χ2n) is 6.87. The lowest BCUT2D eigenvalue weighted by molar-refractivity contribution is -0.151. The summed E-state index contributed by atoms with van der Waals surface area (Å²) in [6.07, 6.45) is 6.21. The minimum absolute atomic E-state index is 0.00444. The van der Waals surface area contributed by atoms with Crippen molar-refractivity contribution in [3.8, 4) is 12.3 Å². The Labute approximate surface area is 189 Å². The van der Waals surface area contributed by atoms with E-state index >= 15 is 0 Å². The van der Waals surface area contributed by atoms with Gasteiger partial charge in [0.2, 0.25) is 16.9 Å². The maximum absolute atomic E-state index is 12.9. The van der Waals surface area contributed by atoms with Gasteiger partial charge in [0.15, 0.2) is 12.4 Å². The molecule has 0 aliphatic rings. The molecule has 2 unspecified atom stereocenters. The maximum atomic E-state index is 12.9. The lowest BCUT2D eigenvalue weighted by Crippen LogP contribution is -2.65. The molecule has 1 amide bonds. The SMILES string of the molecule is C#CCOC(=O)C(CCCC)(NC(=O)c1ccc(C(=O)c2ccccc2)cc1)NS(=O)O. The molecule has 0 saturated carbocycles. The van der Waals surface area contributed by atoms with E-state index in [4.69, 9.17) is 11.2 Å². The Morgan fingerprint density at radius 2 is 1.66 bits per heavy atom. The van der Waals surface area contributed by atoms with Crippen molar-refractivity contribution in [2.75, 3.05) is 6.61 Å². The lowest BCUT2D eigenvalue weighted by atomic mass is 10.0. The van der Waals surface area contributed by atoms with Crippen molar-refractivity contribution >= 4 is 28.9 Å². The van der Waals surface area contributed by atoms with Gasteiger partial charge in [-0.15, -0.1) is 6.42 Å². The third kappa shape index (κ3) is 6.59. The number of unbranched alkanes of at least 4 members (excludes halogenated alkanes) is 1. The van der Waals surface area contributed by atoms with Crippen LogP contribution in [0.15, 0.2) is 54.6 Å². The van der Waals surface area contributed by atoms with Gasteiger partial charge in [-0.05, 0) is 25.0 Å². The summed E-state index contributed by atoms with van der Waals surface area (Å²) in [6.45, 7) is 1.50. The van der Waals surface area contributed by atoms with E-state index in [9.17, 15) is 23.1 Å². The molecule has 2 rings (SSSR count). The van der Waals surface area contributed by atoms with Crippen molar-refractivity contribution in [1.29, 1.82) is 0 Å². The Bertz CT molecular complexity index is 1020. The van der Waals surface area contributed by atoms with Gasteiger partial charge in [-0.25, -0.2) is 9.00 Å². The average Bonchev–Trinajstić information content (AvgIpc) is 2.80. The molecule has 0 fully saturated rings. The Morgan fingerprint density at radius 3 is 2.22 bits per heavy atom. The number of benzene rings is 2. The van der Waals surface area contributed by atoms with Crippen molar-refractivity contribution in [3.05, 3.63) is 71.3 Å². The summed E-state index contributed by atoms with van der Waals surface area (Å²) >= 11 is -2.63. The molecule has 0 aliphatic heterocycles. The monoisotopic (exact) mass is 456 g/mol. The molecular formula is C23H24N2O6S. The molecule has 32 heavy (non-hydrogen) atoms. The number of carbonyl (C=O) groups is 3. The van der Waals surface area contributed by atoms with E-state index < -0.39 is 28.8 Å². The summed E-state index contributed by atoms with van der Waals surface area (Å²) in [5, 5.41) is 2.47. The number of amides is 1. The van der Waals surface area contributed by atoms with E-state index in [1.165, 1.54) is 24.3 Å². The van der Waals surface area contributed by atoms with Crippen molar-refractivity contribution in [2.24, 2.45) is 0 Å². The highest BCUT2D eigenvalue weighted by Crippen LogP contribution is 2.17. The van der Waals surface area contributed by atoms with E-state index in [1.807, 2.05) is 6.92 Å². The highest BCUT2D eigenvalue weighted by Gasteiger charge is 2.42. The van der Waals surface area contributed by atoms with Crippen LogP contribution in [0.3, 0.4) is 0 Å². The van der Waals surface area contributed by atoms with Crippen molar-refractivity contribution in [2.45, 2.75) is 31.8 Å². The third-order valence-electron chi connectivity index (χ3n) is 4.57. The minimum Gasteiger partial charge on any atom is -0.450 e. The quantitative estimate of drug-likeness (QED) is 0.157. The smallest absolute Gasteiger partial charge is 0.349 e. The highest BCUT2D eigenvalue weighted by atomic mass is 32.2. The maximum Gasteiger partial charge on any atom is 0.349 e. The van der Waals surface area contributed by atoms with E-state index in [1.54, 1.807) is 30.3 Å². The summed E-state index contributed by atoms with van der Waals surface area (Å²) in [5.74, 6) is 0.263. The van der Waals surface area contributed by atoms with Gasteiger partial charge in [0, 0.05) is 16.7 Å². The van der Waals surface area contributed by atoms with Crippen LogP contribution in [0.2, 0.25) is 0 Å². The first kappa shape index (κ1) is 24.9. The number of terminal acetylenes is 1. The van der Waals surface area contributed by atoms with Gasteiger partial charge in [0.25, 0.3) is 5.91 Å². The number of esters is 1. The summed E-state index contributed by atoms with van der Waals surface area (Å²) in [5.41, 5.74) is -0.921. The Kier molecular flexibility index (Phi) is 9.28. The van der Waals surface area contributed by atoms with Crippen molar-refractivity contribution in [1.82, 2.24) is 10.0 Å². The molecule has 168 valence electrons. The van der Waals surface area contributed by atoms with E-state index in [-0.39, 0.29) is 24.4 Å². The standard InChI is InChI=1S/C23H24N2O6S/c1-3-5-15-23(25-32(29)30,22(28)31-16-4-2)24-21(27)19-13-11-18(12-14-19)20(26)17-9-7-6-8-10-17/h2,6-14,25H,3,5,15-16H2,1H3,(H,24,27)(H,29,30). The molecule has 9 heteroatoms. The molecule has 0 spiro atoms. The first-order valence-corrected chi connectivity index (χ1v) is 11.0. The molecule has 2 aromatic rings. The minimum atomic E-state index is -2.63. The predicted molar refractivity (Wildman–Crippen MR) is 120 cm³/mol. The van der Waals surface area contributed by atoms with Crippen LogP contribution in [0.1, 0.15) is 52.5 Å². The first-order chi connectivity index (χ1) is 15.3. The van der Waals surface area contributed by atoms with Gasteiger partial charge >= 0.3 is 5.97 Å². The molecule has 2 aromatic carbocycles. The van der Waals surface area contributed by atoms with Crippen LogP contribution in [-0.4, -0.2) is 38.7 Å². The number of ketones is 1. The van der Waals surface area contributed by atoms with Gasteiger partial charge in [-0.3, -0.25) is 14.1 Å². The first-order valence-electron chi connectivity index (χ1n) is 9.84. The van der Waals surface area contributed by atoms with E-state index in [2.05, 4.69) is 16.0 Å². The molecule has 0 radical (unpaired) electrons. The normalized spacial score (nSPS) is 13.3. The van der Waals surface area contributed by atoms with Crippen LogP contribution in [0, 0.1) is 12.3 Å². The van der Waals surface area contributed by atoms with E-state index in [0.29, 0.717) is 24.0 Å². The zero-order chi connectivity index (χ0) is 23.6. The third-order valence-corrected chi connectivity index (χ3v) is 5.10. The molecule has 2 atom stereocenters. The number of hydrogen-bond acceptors (Lipinski definition) is 5. The fourth-order valence-electron chi connectivity index (χ4n) is 2.95. The van der Waals surface area contributed by atoms with Crippen LogP contribution in [0.4, 0.5) is 0 Å². The zero-order valence-electron chi connectivity index (χ0n) is 17.5. The molecule has 8 nitrogen and oxygen atoms in total. The summed E-state index contributed by atoms with van der Waals surface area (Å²) in [4.78, 5) is 38.1. The summed E-state index contributed by atoms with van der Waals surface area (Å²) in [7, 11) is 0. The zero-order valence-corrected chi connectivity index (χ0v) is 18.3. The van der Waals surface area contributed by atoms with Gasteiger partial charge in [0.1, 0.15) is 0 Å². The van der Waals surface area contributed by atoms with Crippen LogP contribution in [0.25, 0.3) is 0 Å². The number of nitrogens with one attached hydrogen (secondary N) is 2. The summed E-state index contributed by atoms with van der Waals surface area (Å²) < 4.78 is 28.0. The summed E-state index contributed by atoms with van der Waals surface area (Å²) in [6, 6.07) is 14.5.